The molecular formula is C15H12ClF4N3O. The van der Waals surface area contributed by atoms with Gasteiger partial charge in [0, 0.05) is 19.3 Å². The Morgan fingerprint density at radius 3 is 2.58 bits per heavy atom. The second-order valence-electron chi connectivity index (χ2n) is 5.62. The zero-order valence-electron chi connectivity index (χ0n) is 12.4. The molecule has 0 bridgehead atoms. The fourth-order valence-electron chi connectivity index (χ4n) is 2.24. The van der Waals surface area contributed by atoms with Gasteiger partial charge in [0.1, 0.15) is 11.6 Å². The monoisotopic (exact) mass is 361 g/mol. The van der Waals surface area contributed by atoms with Crippen LogP contribution >= 0.6 is 11.6 Å². The van der Waals surface area contributed by atoms with Crippen LogP contribution in [0.3, 0.4) is 0 Å². The van der Waals surface area contributed by atoms with Crippen molar-refractivity contribution in [1.82, 2.24) is 14.9 Å². The van der Waals surface area contributed by atoms with Crippen molar-refractivity contribution in [2.24, 2.45) is 7.05 Å². The van der Waals surface area contributed by atoms with Crippen LogP contribution in [0.5, 0.6) is 0 Å². The minimum atomic E-state index is -4.65. The summed E-state index contributed by atoms with van der Waals surface area (Å²) in [4.78, 5) is 15.6. The highest BCUT2D eigenvalue weighted by molar-refractivity contribution is 6.34. The van der Waals surface area contributed by atoms with Gasteiger partial charge in [0.2, 0.25) is 0 Å². The Bertz CT molecular complexity index is 812. The summed E-state index contributed by atoms with van der Waals surface area (Å²) in [5.41, 5.74) is -1.37. The Labute approximate surface area is 139 Å². The SMILES string of the molecule is Cn1cc(C(F)(F)F)nc1-c1cc(C(=O)NC2CC2)c(Cl)cc1F. The summed E-state index contributed by atoms with van der Waals surface area (Å²) in [7, 11) is 1.32. The molecule has 1 fully saturated rings. The Morgan fingerprint density at radius 1 is 1.38 bits per heavy atom. The first-order valence-electron chi connectivity index (χ1n) is 7.07. The number of imidazole rings is 1. The van der Waals surface area contributed by atoms with Crippen LogP contribution in [0.1, 0.15) is 28.9 Å². The molecular weight excluding hydrogens is 350 g/mol. The molecule has 9 heteroatoms. The molecule has 3 rings (SSSR count). The van der Waals surface area contributed by atoms with Crippen LogP contribution in [0.25, 0.3) is 11.4 Å². The molecule has 1 aliphatic rings. The summed E-state index contributed by atoms with van der Waals surface area (Å²) in [5, 5.41) is 2.59. The number of rotatable bonds is 3. The van der Waals surface area contributed by atoms with Crippen LogP contribution in [0.15, 0.2) is 18.3 Å². The Hall–Kier alpha value is -2.09. The van der Waals surface area contributed by atoms with E-state index in [9.17, 15) is 22.4 Å². The van der Waals surface area contributed by atoms with E-state index in [-0.39, 0.29) is 28.0 Å². The van der Waals surface area contributed by atoms with E-state index in [1.54, 1.807) is 0 Å². The third-order valence-electron chi connectivity index (χ3n) is 3.62. The normalized spacial score (nSPS) is 14.8. The van der Waals surface area contributed by atoms with Crippen molar-refractivity contribution < 1.29 is 22.4 Å². The molecule has 1 aromatic heterocycles. The zero-order chi connectivity index (χ0) is 17.6. The summed E-state index contributed by atoms with van der Waals surface area (Å²) in [6, 6.07) is 2.09. The number of hydrogen-bond donors (Lipinski definition) is 1. The number of nitrogens with zero attached hydrogens (tertiary/aromatic N) is 2. The van der Waals surface area contributed by atoms with E-state index >= 15 is 0 Å². The number of alkyl halides is 3. The molecule has 1 amide bonds. The van der Waals surface area contributed by atoms with E-state index in [2.05, 4.69) is 10.3 Å². The highest BCUT2D eigenvalue weighted by Gasteiger charge is 2.35. The van der Waals surface area contributed by atoms with Gasteiger partial charge in [-0.05, 0) is 25.0 Å². The van der Waals surface area contributed by atoms with E-state index in [1.165, 1.54) is 7.05 Å². The van der Waals surface area contributed by atoms with Crippen molar-refractivity contribution in [2.45, 2.75) is 25.1 Å². The second-order valence-corrected chi connectivity index (χ2v) is 6.03. The summed E-state index contributed by atoms with van der Waals surface area (Å²) in [6.07, 6.45) is -2.18. The number of amides is 1. The van der Waals surface area contributed by atoms with Gasteiger partial charge in [-0.2, -0.15) is 13.2 Å². The maximum atomic E-state index is 14.2. The van der Waals surface area contributed by atoms with E-state index < -0.39 is 23.6 Å². The molecule has 2 aromatic rings. The van der Waals surface area contributed by atoms with Gasteiger partial charge in [0.25, 0.3) is 5.91 Å². The fourth-order valence-corrected chi connectivity index (χ4v) is 2.47. The molecule has 1 heterocycles. The molecule has 0 aliphatic heterocycles. The lowest BCUT2D eigenvalue weighted by atomic mass is 10.1. The predicted molar refractivity (Wildman–Crippen MR) is 79.1 cm³/mol. The quantitative estimate of drug-likeness (QED) is 0.845. The average Bonchev–Trinajstić information content (AvgIpc) is 3.18. The number of benzene rings is 1. The van der Waals surface area contributed by atoms with E-state index in [4.69, 9.17) is 11.6 Å². The van der Waals surface area contributed by atoms with E-state index in [1.807, 2.05) is 0 Å². The molecule has 1 saturated carbocycles. The van der Waals surface area contributed by atoms with Crippen molar-refractivity contribution in [2.75, 3.05) is 0 Å². The van der Waals surface area contributed by atoms with Crippen LogP contribution in [-0.2, 0) is 13.2 Å². The van der Waals surface area contributed by atoms with Crippen LogP contribution in [0.4, 0.5) is 17.6 Å². The number of carbonyl (C=O) groups is 1. The third-order valence-corrected chi connectivity index (χ3v) is 3.93. The maximum Gasteiger partial charge on any atom is 0.434 e. The van der Waals surface area contributed by atoms with Gasteiger partial charge >= 0.3 is 6.18 Å². The maximum absolute atomic E-state index is 14.2. The Kier molecular flexibility index (Phi) is 4.03. The summed E-state index contributed by atoms with van der Waals surface area (Å²) in [5.74, 6) is -1.59. The third kappa shape index (κ3) is 3.24. The largest absolute Gasteiger partial charge is 0.434 e. The van der Waals surface area contributed by atoms with Gasteiger partial charge in [-0.1, -0.05) is 11.6 Å². The molecule has 1 aromatic carbocycles. The van der Waals surface area contributed by atoms with Gasteiger partial charge in [-0.15, -0.1) is 0 Å². The van der Waals surface area contributed by atoms with Crippen molar-refractivity contribution in [1.29, 1.82) is 0 Å². The Morgan fingerprint density at radius 2 is 2.04 bits per heavy atom. The van der Waals surface area contributed by atoms with Crippen molar-refractivity contribution in [3.05, 3.63) is 40.4 Å². The molecule has 0 atom stereocenters. The summed E-state index contributed by atoms with van der Waals surface area (Å²) < 4.78 is 53.5. The van der Waals surface area contributed by atoms with Gasteiger partial charge in [0.05, 0.1) is 16.1 Å². The standard InChI is InChI=1S/C15H12ClF4N3O/c1-23-6-12(15(18,19)20)22-13(23)9-4-8(10(16)5-11(9)17)14(24)21-7-2-3-7/h4-7H,2-3H2,1H3,(H,21,24). The molecule has 0 unspecified atom stereocenters. The second kappa shape index (κ2) is 5.77. The highest BCUT2D eigenvalue weighted by Crippen LogP contribution is 2.33. The predicted octanol–water partition coefficient (Wildman–Crippen LogP) is 3.79. The number of nitrogens with one attached hydrogen (secondary N) is 1. The van der Waals surface area contributed by atoms with Gasteiger partial charge in [-0.3, -0.25) is 4.79 Å². The van der Waals surface area contributed by atoms with Gasteiger partial charge in [-0.25, -0.2) is 9.37 Å². The summed E-state index contributed by atoms with van der Waals surface area (Å²) >= 11 is 5.90. The van der Waals surface area contributed by atoms with E-state index in [0.29, 0.717) is 0 Å². The van der Waals surface area contributed by atoms with E-state index in [0.717, 1.165) is 35.7 Å². The minimum Gasteiger partial charge on any atom is -0.349 e. The van der Waals surface area contributed by atoms with Crippen LogP contribution in [0.2, 0.25) is 5.02 Å². The smallest absolute Gasteiger partial charge is 0.349 e. The van der Waals surface area contributed by atoms with Crippen LogP contribution in [-0.4, -0.2) is 21.5 Å². The van der Waals surface area contributed by atoms with Gasteiger partial charge < -0.3 is 9.88 Å². The lowest BCUT2D eigenvalue weighted by Crippen LogP contribution is -2.25. The number of aryl methyl sites for hydroxylation is 1. The molecule has 0 radical (unpaired) electrons. The highest BCUT2D eigenvalue weighted by atomic mass is 35.5. The van der Waals surface area contributed by atoms with Gasteiger partial charge in [0.15, 0.2) is 5.69 Å². The minimum absolute atomic E-state index is 0.00322. The number of halogens is 5. The first-order chi connectivity index (χ1) is 11.2. The first-order valence-corrected chi connectivity index (χ1v) is 7.45. The molecule has 1 N–H and O–H groups in total. The molecule has 128 valence electrons. The van der Waals surface area contributed by atoms with Crippen molar-refractivity contribution in [3.63, 3.8) is 0 Å². The lowest BCUT2D eigenvalue weighted by molar-refractivity contribution is -0.140. The van der Waals surface area contributed by atoms with Crippen molar-refractivity contribution in [3.8, 4) is 11.4 Å². The Balaban J connectivity index is 2.04. The molecule has 24 heavy (non-hydrogen) atoms. The molecule has 1 aliphatic carbocycles. The zero-order valence-corrected chi connectivity index (χ0v) is 13.2. The van der Waals surface area contributed by atoms with Crippen molar-refractivity contribution >= 4 is 17.5 Å². The molecule has 0 spiro atoms. The molecule has 4 nitrogen and oxygen atoms in total. The van der Waals surface area contributed by atoms with Crippen LogP contribution in [0, 0.1) is 5.82 Å². The molecule has 0 saturated heterocycles. The fraction of sp³-hybridized carbons (Fsp3) is 0.333. The average molecular weight is 362 g/mol. The summed E-state index contributed by atoms with van der Waals surface area (Å²) in [6.45, 7) is 0. The first kappa shape index (κ1) is 16.8. The number of hydrogen-bond acceptors (Lipinski definition) is 2. The topological polar surface area (TPSA) is 46.9 Å². The van der Waals surface area contributed by atoms with Crippen LogP contribution < -0.4 is 5.32 Å². The number of carbonyl (C=O) groups excluding carboxylic acids is 1. The number of aromatic nitrogens is 2. The lowest BCUT2D eigenvalue weighted by Gasteiger charge is -2.09.